The molecule has 1 atom stereocenters. The van der Waals surface area contributed by atoms with Gasteiger partial charge in [-0.2, -0.15) is 0 Å². The third-order valence-electron chi connectivity index (χ3n) is 4.79. The lowest BCUT2D eigenvalue weighted by molar-refractivity contribution is 0.187. The first-order valence-corrected chi connectivity index (χ1v) is 9.50. The highest BCUT2D eigenvalue weighted by atomic mass is 16.5. The number of aryl methyl sites for hydroxylation is 1. The van der Waals surface area contributed by atoms with Gasteiger partial charge >= 0.3 is 6.03 Å². The number of likely N-dealkylation sites (tertiary alicyclic amines) is 1. The van der Waals surface area contributed by atoms with E-state index in [9.17, 15) is 4.79 Å². The van der Waals surface area contributed by atoms with Crippen LogP contribution >= 0.6 is 0 Å². The fourth-order valence-electron chi connectivity index (χ4n) is 3.42. The fourth-order valence-corrected chi connectivity index (χ4v) is 3.42. The van der Waals surface area contributed by atoms with Crippen LogP contribution in [-0.4, -0.2) is 35.1 Å². The molecule has 0 spiro atoms. The van der Waals surface area contributed by atoms with Gasteiger partial charge in [-0.1, -0.05) is 42.5 Å². The minimum atomic E-state index is -0.0494. The third-order valence-corrected chi connectivity index (χ3v) is 4.79. The Morgan fingerprint density at radius 3 is 2.21 bits per heavy atom. The van der Waals surface area contributed by atoms with Gasteiger partial charge in [0.2, 0.25) is 5.88 Å². The van der Waals surface area contributed by atoms with Crippen LogP contribution in [0.1, 0.15) is 12.1 Å². The molecule has 1 aromatic heterocycles. The van der Waals surface area contributed by atoms with Crippen molar-refractivity contribution in [3.8, 4) is 5.88 Å². The van der Waals surface area contributed by atoms with Crippen LogP contribution in [0.15, 0.2) is 78.9 Å². The molecule has 2 amide bonds. The molecule has 1 aliphatic rings. The summed E-state index contributed by atoms with van der Waals surface area (Å²) in [6.07, 6.45) is 0.741. The van der Waals surface area contributed by atoms with Crippen LogP contribution in [0.5, 0.6) is 5.88 Å². The Labute approximate surface area is 165 Å². The number of para-hydroxylation sites is 2. The molecule has 5 nitrogen and oxygen atoms in total. The number of hydrogen-bond donors (Lipinski definition) is 0. The van der Waals surface area contributed by atoms with Gasteiger partial charge < -0.3 is 9.64 Å². The first kappa shape index (κ1) is 18.0. The molecule has 0 aliphatic carbocycles. The summed E-state index contributed by atoms with van der Waals surface area (Å²) in [5, 5.41) is 0. The largest absolute Gasteiger partial charge is 0.472 e. The lowest BCUT2D eigenvalue weighted by Crippen LogP contribution is -2.40. The van der Waals surface area contributed by atoms with Crippen molar-refractivity contribution in [1.29, 1.82) is 0 Å². The molecule has 0 bridgehead atoms. The maximum Gasteiger partial charge on any atom is 0.329 e. The Hall–Kier alpha value is -3.34. The van der Waals surface area contributed by atoms with Crippen molar-refractivity contribution >= 4 is 17.4 Å². The highest BCUT2D eigenvalue weighted by molar-refractivity contribution is 5.99. The highest BCUT2D eigenvalue weighted by Gasteiger charge is 2.32. The number of amides is 2. The van der Waals surface area contributed by atoms with Crippen molar-refractivity contribution in [3.63, 3.8) is 0 Å². The van der Waals surface area contributed by atoms with Gasteiger partial charge in [-0.15, -0.1) is 0 Å². The number of ether oxygens (including phenoxy) is 1. The van der Waals surface area contributed by atoms with Crippen molar-refractivity contribution in [3.05, 3.63) is 84.6 Å². The number of carbonyl (C=O) groups is 1. The van der Waals surface area contributed by atoms with Gasteiger partial charge in [0.05, 0.1) is 17.9 Å². The number of hydrogen-bond acceptors (Lipinski definition) is 3. The molecule has 1 fully saturated rings. The smallest absolute Gasteiger partial charge is 0.329 e. The molecule has 0 radical (unpaired) electrons. The number of benzene rings is 2. The summed E-state index contributed by atoms with van der Waals surface area (Å²) in [5.41, 5.74) is 2.62. The van der Waals surface area contributed by atoms with Gasteiger partial charge in [-0.25, -0.2) is 9.78 Å². The second kappa shape index (κ2) is 8.13. The summed E-state index contributed by atoms with van der Waals surface area (Å²) in [7, 11) is 0. The molecule has 28 heavy (non-hydrogen) atoms. The monoisotopic (exact) mass is 373 g/mol. The molecule has 1 aliphatic heterocycles. The molecule has 142 valence electrons. The van der Waals surface area contributed by atoms with Gasteiger partial charge in [-0.3, -0.25) is 4.90 Å². The highest BCUT2D eigenvalue weighted by Crippen LogP contribution is 2.28. The van der Waals surface area contributed by atoms with Crippen LogP contribution in [0.4, 0.5) is 16.2 Å². The molecule has 3 aromatic rings. The number of urea groups is 1. The zero-order chi connectivity index (χ0) is 19.3. The SMILES string of the molecule is Cc1cccc(OC2CCN(C(=O)N(c3ccccc3)c3ccccc3)C2)n1. The summed E-state index contributed by atoms with van der Waals surface area (Å²) in [6, 6.07) is 25.2. The molecule has 0 N–H and O–H groups in total. The maximum atomic E-state index is 13.4. The van der Waals surface area contributed by atoms with E-state index in [1.807, 2.05) is 90.7 Å². The lowest BCUT2D eigenvalue weighted by atomic mass is 10.2. The van der Waals surface area contributed by atoms with Gasteiger partial charge in [0.25, 0.3) is 0 Å². The van der Waals surface area contributed by atoms with Crippen molar-refractivity contribution in [1.82, 2.24) is 9.88 Å². The predicted octanol–water partition coefficient (Wildman–Crippen LogP) is 4.80. The minimum absolute atomic E-state index is 0.0410. The van der Waals surface area contributed by atoms with E-state index in [0.29, 0.717) is 19.0 Å². The van der Waals surface area contributed by atoms with Gasteiger partial charge in [0.1, 0.15) is 6.10 Å². The summed E-state index contributed by atoms with van der Waals surface area (Å²) < 4.78 is 6.00. The summed E-state index contributed by atoms with van der Waals surface area (Å²) in [4.78, 5) is 21.4. The van der Waals surface area contributed by atoms with Crippen LogP contribution in [0.25, 0.3) is 0 Å². The minimum Gasteiger partial charge on any atom is -0.472 e. The molecule has 4 rings (SSSR count). The first-order valence-electron chi connectivity index (χ1n) is 9.50. The number of nitrogens with zero attached hydrogens (tertiary/aromatic N) is 3. The first-order chi connectivity index (χ1) is 13.7. The molecular formula is C23H23N3O2. The van der Waals surface area contributed by atoms with E-state index < -0.39 is 0 Å². The van der Waals surface area contributed by atoms with Crippen molar-refractivity contribution < 1.29 is 9.53 Å². The topological polar surface area (TPSA) is 45.7 Å². The second-order valence-corrected chi connectivity index (χ2v) is 6.88. The average Bonchev–Trinajstić information content (AvgIpc) is 3.18. The summed E-state index contributed by atoms with van der Waals surface area (Å²) >= 11 is 0. The Balaban J connectivity index is 1.51. The number of aromatic nitrogens is 1. The van der Waals surface area contributed by atoms with E-state index in [1.54, 1.807) is 4.90 Å². The molecule has 1 unspecified atom stereocenters. The number of pyridine rings is 1. The summed E-state index contributed by atoms with van der Waals surface area (Å²) in [6.45, 7) is 3.14. The Kier molecular flexibility index (Phi) is 5.24. The van der Waals surface area contributed by atoms with Crippen molar-refractivity contribution in [2.45, 2.75) is 19.4 Å². The molecule has 5 heteroatoms. The Morgan fingerprint density at radius 1 is 0.964 bits per heavy atom. The Morgan fingerprint density at radius 2 is 1.61 bits per heavy atom. The third kappa shape index (κ3) is 3.98. The van der Waals surface area contributed by atoms with E-state index in [2.05, 4.69) is 4.98 Å². The van der Waals surface area contributed by atoms with E-state index in [0.717, 1.165) is 23.5 Å². The van der Waals surface area contributed by atoms with E-state index in [-0.39, 0.29) is 12.1 Å². The van der Waals surface area contributed by atoms with Crippen LogP contribution in [0, 0.1) is 6.92 Å². The Bertz CT molecular complexity index is 891. The van der Waals surface area contributed by atoms with Crippen LogP contribution in [0.2, 0.25) is 0 Å². The normalized spacial score (nSPS) is 16.0. The predicted molar refractivity (Wildman–Crippen MR) is 110 cm³/mol. The van der Waals surface area contributed by atoms with Crippen molar-refractivity contribution in [2.75, 3.05) is 18.0 Å². The standard InChI is InChI=1S/C23H23N3O2/c1-18-9-8-14-22(24-18)28-21-15-16-25(17-21)23(27)26(19-10-4-2-5-11-19)20-12-6-3-7-13-20/h2-14,21H,15-17H2,1H3. The van der Waals surface area contributed by atoms with Gasteiger partial charge in [-0.05, 0) is 37.3 Å². The quantitative estimate of drug-likeness (QED) is 0.660. The molecule has 1 saturated heterocycles. The number of anilines is 2. The molecule has 2 aromatic carbocycles. The van der Waals surface area contributed by atoms with Gasteiger partial charge in [0, 0.05) is 24.7 Å². The zero-order valence-electron chi connectivity index (χ0n) is 15.9. The molecule has 0 saturated carbocycles. The van der Waals surface area contributed by atoms with Crippen LogP contribution < -0.4 is 9.64 Å². The van der Waals surface area contributed by atoms with Crippen LogP contribution in [0.3, 0.4) is 0 Å². The van der Waals surface area contributed by atoms with E-state index >= 15 is 0 Å². The molecular weight excluding hydrogens is 350 g/mol. The van der Waals surface area contributed by atoms with Crippen molar-refractivity contribution in [2.24, 2.45) is 0 Å². The zero-order valence-corrected chi connectivity index (χ0v) is 15.9. The maximum absolute atomic E-state index is 13.4. The summed E-state index contributed by atoms with van der Waals surface area (Å²) in [5.74, 6) is 0.613. The van der Waals surface area contributed by atoms with E-state index in [4.69, 9.17) is 4.74 Å². The average molecular weight is 373 g/mol. The second-order valence-electron chi connectivity index (χ2n) is 6.88. The lowest BCUT2D eigenvalue weighted by Gasteiger charge is -2.28. The number of carbonyl (C=O) groups excluding carboxylic acids is 1. The van der Waals surface area contributed by atoms with Gasteiger partial charge in [0.15, 0.2) is 0 Å². The number of rotatable bonds is 4. The van der Waals surface area contributed by atoms with E-state index in [1.165, 1.54) is 0 Å². The van der Waals surface area contributed by atoms with Crippen LogP contribution in [-0.2, 0) is 0 Å². The molecule has 2 heterocycles. The fraction of sp³-hybridized carbons (Fsp3) is 0.217.